The van der Waals surface area contributed by atoms with Crippen LogP contribution in [0.4, 0.5) is 0 Å². The fourth-order valence-electron chi connectivity index (χ4n) is 3.44. The number of benzene rings is 1. The second-order valence-corrected chi connectivity index (χ2v) is 7.57. The van der Waals surface area contributed by atoms with Crippen molar-refractivity contribution in [2.24, 2.45) is 0 Å². The Morgan fingerprint density at radius 2 is 2.08 bits per heavy atom. The molecule has 140 valence electrons. The number of aromatic nitrogens is 2. The van der Waals surface area contributed by atoms with Crippen molar-refractivity contribution in [3.63, 3.8) is 0 Å². The van der Waals surface area contributed by atoms with E-state index in [1.807, 2.05) is 18.2 Å². The van der Waals surface area contributed by atoms with Crippen LogP contribution in [0.25, 0.3) is 0 Å². The van der Waals surface area contributed by atoms with E-state index in [1.54, 1.807) is 6.07 Å². The van der Waals surface area contributed by atoms with E-state index in [2.05, 4.69) is 22.4 Å². The molecular formula is C19H23Cl2N3O2. The minimum absolute atomic E-state index is 0.181. The number of nitrogens with one attached hydrogen (secondary N) is 2. The molecule has 0 unspecified atom stereocenters. The number of carbonyl (C=O) groups is 1. The lowest BCUT2D eigenvalue weighted by Gasteiger charge is -2.38. The molecule has 0 atom stereocenters. The molecular weight excluding hydrogens is 373 g/mol. The molecule has 7 heteroatoms. The molecule has 26 heavy (non-hydrogen) atoms. The van der Waals surface area contributed by atoms with Gasteiger partial charge in [-0.25, -0.2) is 0 Å². The lowest BCUT2D eigenvalue weighted by Crippen LogP contribution is -2.44. The number of hydrogen-bond donors (Lipinski definition) is 2. The van der Waals surface area contributed by atoms with Crippen molar-refractivity contribution in [1.82, 2.24) is 15.5 Å². The van der Waals surface area contributed by atoms with Crippen molar-refractivity contribution in [3.05, 3.63) is 51.3 Å². The van der Waals surface area contributed by atoms with Gasteiger partial charge in [0.05, 0.1) is 0 Å². The van der Waals surface area contributed by atoms with E-state index in [1.165, 1.54) is 0 Å². The minimum Gasteiger partial charge on any atom is -0.381 e. The fourth-order valence-corrected chi connectivity index (χ4v) is 4.05. The van der Waals surface area contributed by atoms with E-state index in [9.17, 15) is 4.79 Å². The molecule has 1 aliphatic heterocycles. The second-order valence-electron chi connectivity index (χ2n) is 6.73. The summed E-state index contributed by atoms with van der Waals surface area (Å²) in [4.78, 5) is 12.5. The first kappa shape index (κ1) is 19.2. The Bertz CT molecular complexity index is 770. The average Bonchev–Trinajstić information content (AvgIpc) is 3.09. The van der Waals surface area contributed by atoms with Crippen LogP contribution in [0.3, 0.4) is 0 Å². The van der Waals surface area contributed by atoms with Crippen molar-refractivity contribution in [2.45, 2.75) is 38.0 Å². The first-order valence-corrected chi connectivity index (χ1v) is 9.65. The highest BCUT2D eigenvalue weighted by molar-refractivity contribution is 6.35. The van der Waals surface area contributed by atoms with Crippen LogP contribution in [-0.2, 0) is 16.6 Å². The van der Waals surface area contributed by atoms with E-state index >= 15 is 0 Å². The first-order valence-electron chi connectivity index (χ1n) is 8.90. The van der Waals surface area contributed by atoms with Gasteiger partial charge in [-0.05, 0) is 43.0 Å². The summed E-state index contributed by atoms with van der Waals surface area (Å²) in [6, 6.07) is 7.36. The highest BCUT2D eigenvalue weighted by atomic mass is 35.5. The van der Waals surface area contributed by atoms with Gasteiger partial charge in [0.15, 0.2) is 0 Å². The number of aromatic amines is 1. The van der Waals surface area contributed by atoms with Crippen LogP contribution in [0.15, 0.2) is 24.3 Å². The number of aryl methyl sites for hydroxylation is 1. The highest BCUT2D eigenvalue weighted by Gasteiger charge is 2.36. The van der Waals surface area contributed by atoms with Gasteiger partial charge in [0.1, 0.15) is 5.69 Å². The summed E-state index contributed by atoms with van der Waals surface area (Å²) in [5, 5.41) is 11.3. The first-order chi connectivity index (χ1) is 12.5. The van der Waals surface area contributed by atoms with E-state index < -0.39 is 0 Å². The monoisotopic (exact) mass is 395 g/mol. The number of hydrogen-bond acceptors (Lipinski definition) is 3. The molecule has 2 aromatic rings. The zero-order valence-electron chi connectivity index (χ0n) is 14.8. The zero-order valence-corrected chi connectivity index (χ0v) is 16.3. The van der Waals surface area contributed by atoms with Gasteiger partial charge in [0, 0.05) is 40.9 Å². The lowest BCUT2D eigenvalue weighted by atomic mass is 9.74. The lowest BCUT2D eigenvalue weighted by molar-refractivity contribution is 0.0487. The standard InChI is InChI=1S/C19H23Cl2N3O2/c1-2-3-14-11-17(24-23-14)18(25)22-12-19(6-8-26-9-7-19)15-5-4-13(20)10-16(15)21/h4-5,10-11H,2-3,6-9,12H2,1H3,(H,22,25)(H,23,24). The van der Waals surface area contributed by atoms with Gasteiger partial charge < -0.3 is 10.1 Å². The Kier molecular flexibility index (Phi) is 6.22. The van der Waals surface area contributed by atoms with Crippen LogP contribution < -0.4 is 5.32 Å². The Hall–Kier alpha value is -1.56. The van der Waals surface area contributed by atoms with Gasteiger partial charge in [-0.1, -0.05) is 42.6 Å². The molecule has 1 saturated heterocycles. The molecule has 5 nitrogen and oxygen atoms in total. The van der Waals surface area contributed by atoms with E-state index in [4.69, 9.17) is 27.9 Å². The molecule has 0 radical (unpaired) electrons. The summed E-state index contributed by atoms with van der Waals surface area (Å²) in [5.41, 5.74) is 2.12. The number of ether oxygens (including phenoxy) is 1. The topological polar surface area (TPSA) is 67.0 Å². The Morgan fingerprint density at radius 1 is 1.31 bits per heavy atom. The third-order valence-electron chi connectivity index (χ3n) is 4.92. The molecule has 0 spiro atoms. The fraction of sp³-hybridized carbons (Fsp3) is 0.474. The van der Waals surface area contributed by atoms with Crippen LogP contribution in [0.5, 0.6) is 0 Å². The summed E-state index contributed by atoms with van der Waals surface area (Å²) in [7, 11) is 0. The maximum Gasteiger partial charge on any atom is 0.271 e. The summed E-state index contributed by atoms with van der Waals surface area (Å²) >= 11 is 12.5. The average molecular weight is 396 g/mol. The van der Waals surface area contributed by atoms with E-state index in [-0.39, 0.29) is 11.3 Å². The van der Waals surface area contributed by atoms with E-state index in [0.29, 0.717) is 35.5 Å². The molecule has 0 aliphatic carbocycles. The third kappa shape index (κ3) is 4.22. The van der Waals surface area contributed by atoms with Crippen LogP contribution in [0, 0.1) is 0 Å². The maximum absolute atomic E-state index is 12.5. The van der Waals surface area contributed by atoms with Crippen molar-refractivity contribution < 1.29 is 9.53 Å². The maximum atomic E-state index is 12.5. The number of amides is 1. The van der Waals surface area contributed by atoms with Gasteiger partial charge in [0.25, 0.3) is 5.91 Å². The number of rotatable bonds is 6. The summed E-state index contributed by atoms with van der Waals surface area (Å²) < 4.78 is 5.53. The smallest absolute Gasteiger partial charge is 0.271 e. The molecule has 3 rings (SSSR count). The summed E-state index contributed by atoms with van der Waals surface area (Å²) in [6.45, 7) is 3.84. The molecule has 1 fully saturated rings. The number of halogens is 2. The molecule has 2 N–H and O–H groups in total. The second kappa shape index (κ2) is 8.42. The molecule has 1 aromatic heterocycles. The predicted molar refractivity (Wildman–Crippen MR) is 103 cm³/mol. The summed E-state index contributed by atoms with van der Waals surface area (Å²) in [5.74, 6) is -0.181. The van der Waals surface area contributed by atoms with Gasteiger partial charge in [0.2, 0.25) is 0 Å². The van der Waals surface area contributed by atoms with E-state index in [0.717, 1.165) is 36.9 Å². The van der Waals surface area contributed by atoms with Crippen molar-refractivity contribution in [3.8, 4) is 0 Å². The quantitative estimate of drug-likeness (QED) is 0.771. The Morgan fingerprint density at radius 3 is 2.77 bits per heavy atom. The van der Waals surface area contributed by atoms with Gasteiger partial charge in [-0.3, -0.25) is 9.89 Å². The number of carbonyl (C=O) groups excluding carboxylic acids is 1. The van der Waals surface area contributed by atoms with Crippen molar-refractivity contribution in [1.29, 1.82) is 0 Å². The molecule has 1 amide bonds. The number of nitrogens with zero attached hydrogens (tertiary/aromatic N) is 1. The normalized spacial score (nSPS) is 16.4. The van der Waals surface area contributed by atoms with Crippen LogP contribution in [-0.4, -0.2) is 35.9 Å². The molecule has 1 aromatic carbocycles. The zero-order chi connectivity index (χ0) is 18.6. The predicted octanol–water partition coefficient (Wildman–Crippen LogP) is 4.15. The Balaban J connectivity index is 1.77. The van der Waals surface area contributed by atoms with Gasteiger partial charge in [-0.15, -0.1) is 0 Å². The van der Waals surface area contributed by atoms with Crippen LogP contribution in [0.2, 0.25) is 10.0 Å². The van der Waals surface area contributed by atoms with Gasteiger partial charge in [-0.2, -0.15) is 5.10 Å². The summed E-state index contributed by atoms with van der Waals surface area (Å²) in [6.07, 6.45) is 3.45. The largest absolute Gasteiger partial charge is 0.381 e. The number of H-pyrrole nitrogens is 1. The molecule has 0 bridgehead atoms. The third-order valence-corrected chi connectivity index (χ3v) is 5.47. The van der Waals surface area contributed by atoms with Crippen LogP contribution in [0.1, 0.15) is 47.9 Å². The van der Waals surface area contributed by atoms with Crippen molar-refractivity contribution in [2.75, 3.05) is 19.8 Å². The molecule has 1 aliphatic rings. The minimum atomic E-state index is -0.266. The molecule has 2 heterocycles. The molecule has 0 saturated carbocycles. The van der Waals surface area contributed by atoms with Gasteiger partial charge >= 0.3 is 0 Å². The van der Waals surface area contributed by atoms with Crippen molar-refractivity contribution >= 4 is 29.1 Å². The highest BCUT2D eigenvalue weighted by Crippen LogP contribution is 2.39. The van der Waals surface area contributed by atoms with Crippen LogP contribution >= 0.6 is 23.2 Å². The Labute approximate surface area is 163 Å². The SMILES string of the molecule is CCCc1cc(C(=O)NCC2(c3ccc(Cl)cc3Cl)CCOCC2)n[nH]1.